The Bertz CT molecular complexity index is 610. The number of anilines is 1. The Morgan fingerprint density at radius 3 is 2.96 bits per heavy atom. The zero-order valence-electron chi connectivity index (χ0n) is 14.5. The minimum atomic E-state index is -0.962. The maximum Gasteiger partial charge on any atom is 0.239 e. The van der Waals surface area contributed by atoms with Gasteiger partial charge in [0.15, 0.2) is 0 Å². The number of β-amino-alcohol motifs (C(OH)–C–C–N with tert-alkyl or cyclic N) is 1. The number of hydrogen-bond acceptors (Lipinski definition) is 5. The highest BCUT2D eigenvalue weighted by atomic mass is 16.3. The van der Waals surface area contributed by atoms with E-state index in [-0.39, 0.29) is 24.9 Å². The van der Waals surface area contributed by atoms with Crippen LogP contribution in [-0.2, 0) is 9.59 Å². The molecule has 0 spiro atoms. The van der Waals surface area contributed by atoms with E-state index in [1.54, 1.807) is 11.1 Å². The summed E-state index contributed by atoms with van der Waals surface area (Å²) in [6.45, 7) is 2.06. The van der Waals surface area contributed by atoms with E-state index in [1.807, 2.05) is 23.1 Å². The van der Waals surface area contributed by atoms with Crippen molar-refractivity contribution in [2.75, 3.05) is 37.6 Å². The lowest BCUT2D eigenvalue weighted by Crippen LogP contribution is -2.48. The minimum Gasteiger partial charge on any atom is -0.386 e. The first-order valence-corrected chi connectivity index (χ1v) is 8.99. The molecule has 0 bridgehead atoms. The Hall–Kier alpha value is -2.15. The third kappa shape index (κ3) is 4.69. The highest BCUT2D eigenvalue weighted by Crippen LogP contribution is 2.24. The van der Waals surface area contributed by atoms with Crippen LogP contribution < -0.4 is 10.2 Å². The molecule has 3 heterocycles. The van der Waals surface area contributed by atoms with Crippen molar-refractivity contribution in [3.05, 3.63) is 24.4 Å². The zero-order valence-corrected chi connectivity index (χ0v) is 14.5. The molecule has 1 atom stereocenters. The number of rotatable bonds is 5. The standard InChI is InChI=1S/C18H26N4O3/c23-16(12-21-10-5-1-2-7-17(21)24)20-13-18(25)8-11-22(14-18)15-6-3-4-9-19-15/h3-4,6,9,25H,1-2,5,7-8,10-14H2,(H,20,23)/t18-/m0/s1. The van der Waals surface area contributed by atoms with E-state index < -0.39 is 5.60 Å². The highest BCUT2D eigenvalue weighted by molar-refractivity contribution is 5.84. The Labute approximate surface area is 148 Å². The normalized spacial score (nSPS) is 24.3. The van der Waals surface area contributed by atoms with E-state index in [0.29, 0.717) is 32.5 Å². The van der Waals surface area contributed by atoms with E-state index in [1.165, 1.54) is 0 Å². The molecule has 0 saturated carbocycles. The van der Waals surface area contributed by atoms with Crippen LogP contribution >= 0.6 is 0 Å². The molecule has 0 aliphatic carbocycles. The number of pyridine rings is 1. The Morgan fingerprint density at radius 2 is 2.16 bits per heavy atom. The summed E-state index contributed by atoms with van der Waals surface area (Å²) < 4.78 is 0. The Morgan fingerprint density at radius 1 is 1.28 bits per heavy atom. The molecule has 2 saturated heterocycles. The average molecular weight is 346 g/mol. The molecule has 136 valence electrons. The van der Waals surface area contributed by atoms with E-state index in [4.69, 9.17) is 0 Å². The van der Waals surface area contributed by atoms with Crippen molar-refractivity contribution >= 4 is 17.6 Å². The summed E-state index contributed by atoms with van der Waals surface area (Å²) in [5.74, 6) is 0.674. The number of amides is 2. The van der Waals surface area contributed by atoms with E-state index in [9.17, 15) is 14.7 Å². The van der Waals surface area contributed by atoms with E-state index in [0.717, 1.165) is 25.1 Å². The van der Waals surface area contributed by atoms with Crippen molar-refractivity contribution in [3.63, 3.8) is 0 Å². The number of carbonyl (C=O) groups excluding carboxylic acids is 2. The fourth-order valence-electron chi connectivity index (χ4n) is 3.44. The molecule has 0 unspecified atom stereocenters. The first-order valence-electron chi connectivity index (χ1n) is 8.99. The van der Waals surface area contributed by atoms with Crippen LogP contribution in [0.25, 0.3) is 0 Å². The van der Waals surface area contributed by atoms with Crippen molar-refractivity contribution in [2.24, 2.45) is 0 Å². The van der Waals surface area contributed by atoms with Gasteiger partial charge in [-0.3, -0.25) is 9.59 Å². The van der Waals surface area contributed by atoms with Crippen molar-refractivity contribution in [1.29, 1.82) is 0 Å². The van der Waals surface area contributed by atoms with Gasteiger partial charge in [-0.25, -0.2) is 4.98 Å². The van der Waals surface area contributed by atoms with Crippen LogP contribution in [0.3, 0.4) is 0 Å². The van der Waals surface area contributed by atoms with Gasteiger partial charge in [0.1, 0.15) is 11.4 Å². The van der Waals surface area contributed by atoms with Crippen molar-refractivity contribution in [3.8, 4) is 0 Å². The van der Waals surface area contributed by atoms with Crippen LogP contribution in [0.4, 0.5) is 5.82 Å². The van der Waals surface area contributed by atoms with Crippen molar-refractivity contribution < 1.29 is 14.7 Å². The summed E-state index contributed by atoms with van der Waals surface area (Å²) in [6, 6.07) is 5.69. The second-order valence-corrected chi connectivity index (χ2v) is 6.99. The molecule has 1 aromatic rings. The second-order valence-electron chi connectivity index (χ2n) is 6.99. The van der Waals surface area contributed by atoms with E-state index >= 15 is 0 Å². The fraction of sp³-hybridized carbons (Fsp3) is 0.611. The van der Waals surface area contributed by atoms with Gasteiger partial charge in [0.2, 0.25) is 11.8 Å². The number of carbonyl (C=O) groups is 2. The number of likely N-dealkylation sites (tertiary alicyclic amines) is 1. The Balaban J connectivity index is 1.47. The van der Waals surface area contributed by atoms with Gasteiger partial charge in [-0.2, -0.15) is 0 Å². The molecule has 7 heteroatoms. The lowest BCUT2D eigenvalue weighted by Gasteiger charge is -2.25. The van der Waals surface area contributed by atoms with Gasteiger partial charge >= 0.3 is 0 Å². The lowest BCUT2D eigenvalue weighted by atomic mass is 10.0. The smallest absolute Gasteiger partial charge is 0.239 e. The van der Waals surface area contributed by atoms with Crippen LogP contribution in [-0.4, -0.2) is 65.1 Å². The van der Waals surface area contributed by atoms with Crippen LogP contribution in [0.15, 0.2) is 24.4 Å². The van der Waals surface area contributed by atoms with Gasteiger partial charge < -0.3 is 20.2 Å². The number of nitrogens with zero attached hydrogens (tertiary/aromatic N) is 3. The first kappa shape index (κ1) is 17.7. The number of nitrogens with one attached hydrogen (secondary N) is 1. The van der Waals surface area contributed by atoms with Gasteiger partial charge in [-0.05, 0) is 31.4 Å². The van der Waals surface area contributed by atoms with Crippen molar-refractivity contribution in [2.45, 2.75) is 37.7 Å². The quantitative estimate of drug-likeness (QED) is 0.813. The third-order valence-corrected chi connectivity index (χ3v) is 4.93. The monoisotopic (exact) mass is 346 g/mol. The summed E-state index contributed by atoms with van der Waals surface area (Å²) in [7, 11) is 0. The van der Waals surface area contributed by atoms with Gasteiger partial charge in [-0.15, -0.1) is 0 Å². The molecular weight excluding hydrogens is 320 g/mol. The van der Waals surface area contributed by atoms with Gasteiger partial charge in [0.05, 0.1) is 6.54 Å². The lowest BCUT2D eigenvalue weighted by molar-refractivity contribution is -0.135. The summed E-state index contributed by atoms with van der Waals surface area (Å²) in [6.07, 6.45) is 5.71. The first-order chi connectivity index (χ1) is 12.1. The number of aliphatic hydroxyl groups is 1. The van der Waals surface area contributed by atoms with Crippen molar-refractivity contribution in [1.82, 2.24) is 15.2 Å². The molecule has 7 nitrogen and oxygen atoms in total. The molecule has 1 aromatic heterocycles. The zero-order chi connectivity index (χ0) is 17.7. The van der Waals surface area contributed by atoms with Crippen LogP contribution in [0.1, 0.15) is 32.1 Å². The predicted octanol–water partition coefficient (Wildman–Crippen LogP) is 0.542. The molecular formula is C18H26N4O3. The maximum absolute atomic E-state index is 12.2. The van der Waals surface area contributed by atoms with Crippen LogP contribution in [0.2, 0.25) is 0 Å². The minimum absolute atomic E-state index is 0.0496. The second kappa shape index (κ2) is 7.82. The summed E-state index contributed by atoms with van der Waals surface area (Å²) in [5, 5.41) is 13.5. The fourth-order valence-corrected chi connectivity index (χ4v) is 3.44. The van der Waals surface area contributed by atoms with Gasteiger partial charge in [0.25, 0.3) is 0 Å². The molecule has 3 rings (SSSR count). The van der Waals surface area contributed by atoms with E-state index in [2.05, 4.69) is 10.3 Å². The Kier molecular flexibility index (Phi) is 5.53. The van der Waals surface area contributed by atoms with Gasteiger partial charge in [-0.1, -0.05) is 12.5 Å². The maximum atomic E-state index is 12.2. The third-order valence-electron chi connectivity index (χ3n) is 4.93. The highest BCUT2D eigenvalue weighted by Gasteiger charge is 2.37. The molecule has 25 heavy (non-hydrogen) atoms. The molecule has 2 N–H and O–H groups in total. The molecule has 0 radical (unpaired) electrons. The molecule has 2 fully saturated rings. The molecule has 0 aromatic carbocycles. The van der Waals surface area contributed by atoms with Crippen LogP contribution in [0, 0.1) is 0 Å². The topological polar surface area (TPSA) is 85.8 Å². The molecule has 2 aliphatic heterocycles. The number of hydrogen-bond donors (Lipinski definition) is 2. The van der Waals surface area contributed by atoms with Crippen LogP contribution in [0.5, 0.6) is 0 Å². The van der Waals surface area contributed by atoms with Gasteiger partial charge in [0, 0.05) is 38.8 Å². The summed E-state index contributed by atoms with van der Waals surface area (Å²) in [4.78, 5) is 32.1. The SMILES string of the molecule is O=C(CN1CCCCCC1=O)NC[C@@]1(O)CCN(c2ccccn2)C1. The number of aromatic nitrogens is 1. The summed E-state index contributed by atoms with van der Waals surface area (Å²) in [5.41, 5.74) is -0.962. The summed E-state index contributed by atoms with van der Waals surface area (Å²) >= 11 is 0. The average Bonchev–Trinajstić information content (AvgIpc) is 2.91. The molecule has 2 amide bonds. The largest absolute Gasteiger partial charge is 0.386 e. The molecule has 2 aliphatic rings. The predicted molar refractivity (Wildman–Crippen MR) is 94.1 cm³/mol.